The monoisotopic (exact) mass is 351 g/mol. The maximum atomic E-state index is 2.87. The number of fused-ring (bicyclic) bond motifs is 2. The van der Waals surface area contributed by atoms with E-state index < -0.39 is 0 Å². The van der Waals surface area contributed by atoms with E-state index in [2.05, 4.69) is 41.3 Å². The molecular weight excluding hydrogens is 314 g/mol. The maximum Gasteiger partial charge on any atom is 0.0165 e. The van der Waals surface area contributed by atoms with E-state index in [1.807, 2.05) is 0 Å². The molecule has 3 aliphatic rings. The number of hydrogen-bond acceptors (Lipinski definition) is 1. The highest BCUT2D eigenvalue weighted by molar-refractivity contribution is 5.65. The van der Waals surface area contributed by atoms with Crippen molar-refractivity contribution in [2.75, 3.05) is 13.1 Å². The average Bonchev–Trinajstić information content (AvgIpc) is 3.02. The molecule has 0 atom stereocenters. The lowest BCUT2D eigenvalue weighted by atomic mass is 9.74. The second kappa shape index (κ2) is 8.74. The van der Waals surface area contributed by atoms with E-state index in [-0.39, 0.29) is 0 Å². The molecule has 4 rings (SSSR count). The normalized spacial score (nSPS) is 25.5. The van der Waals surface area contributed by atoms with Crippen molar-refractivity contribution in [3.05, 3.63) is 41.5 Å². The van der Waals surface area contributed by atoms with Gasteiger partial charge >= 0.3 is 0 Å². The van der Waals surface area contributed by atoms with Gasteiger partial charge in [0.25, 0.3) is 0 Å². The van der Waals surface area contributed by atoms with E-state index in [4.69, 9.17) is 0 Å². The van der Waals surface area contributed by atoms with Crippen LogP contribution in [0.25, 0.3) is 6.08 Å². The summed E-state index contributed by atoms with van der Waals surface area (Å²) in [4.78, 5) is 2.87. The van der Waals surface area contributed by atoms with Gasteiger partial charge in [-0.2, -0.15) is 0 Å². The van der Waals surface area contributed by atoms with Crippen molar-refractivity contribution in [1.29, 1.82) is 0 Å². The molecule has 1 aliphatic heterocycles. The lowest BCUT2D eigenvalue weighted by Gasteiger charge is -2.43. The largest absolute Gasteiger partial charge is 0.300 e. The first-order valence-electron chi connectivity index (χ1n) is 11.4. The zero-order valence-corrected chi connectivity index (χ0v) is 16.6. The summed E-state index contributed by atoms with van der Waals surface area (Å²) in [5, 5.41) is 0. The molecule has 0 unspecified atom stereocenters. The second-order valence-corrected chi connectivity index (χ2v) is 9.03. The van der Waals surface area contributed by atoms with Crippen LogP contribution in [0.1, 0.15) is 94.6 Å². The SMILES string of the molecule is C1=CC2(CCN(C3CCCCCCCCCCC3)CC2)c2ccccc21. The fourth-order valence-electron chi connectivity index (χ4n) is 5.67. The minimum absolute atomic E-state index is 0.346. The molecule has 0 aromatic heterocycles. The van der Waals surface area contributed by atoms with Gasteiger partial charge in [-0.15, -0.1) is 0 Å². The maximum absolute atomic E-state index is 2.87. The zero-order chi connectivity index (χ0) is 17.7. The first-order valence-corrected chi connectivity index (χ1v) is 11.4. The van der Waals surface area contributed by atoms with Crippen LogP contribution in [-0.2, 0) is 5.41 Å². The van der Waals surface area contributed by atoms with Crippen LogP contribution in [0.2, 0.25) is 0 Å². The van der Waals surface area contributed by atoms with Crippen molar-refractivity contribution in [2.45, 2.75) is 94.9 Å². The summed E-state index contributed by atoms with van der Waals surface area (Å²) >= 11 is 0. The number of allylic oxidation sites excluding steroid dienone is 1. The third-order valence-corrected chi connectivity index (χ3v) is 7.36. The topological polar surface area (TPSA) is 3.24 Å². The van der Waals surface area contributed by atoms with Crippen molar-refractivity contribution in [2.24, 2.45) is 0 Å². The molecule has 1 saturated carbocycles. The molecule has 1 heterocycles. The van der Waals surface area contributed by atoms with Crippen LogP contribution in [0.3, 0.4) is 0 Å². The number of likely N-dealkylation sites (tertiary alicyclic amines) is 1. The molecule has 0 N–H and O–H groups in total. The molecule has 142 valence electrons. The van der Waals surface area contributed by atoms with Crippen LogP contribution in [0, 0.1) is 0 Å². The van der Waals surface area contributed by atoms with Gasteiger partial charge < -0.3 is 4.90 Å². The third kappa shape index (κ3) is 4.09. The van der Waals surface area contributed by atoms with E-state index in [0.717, 1.165) is 6.04 Å². The standard InChI is InChI=1S/C25H37N/c1-2-4-6-8-13-23(14-9-7-5-3-1)26-20-18-25(19-21-26)17-16-22-12-10-11-15-24(22)25/h10-12,15-17,23H,1-9,13-14,18-21H2. The molecule has 1 saturated heterocycles. The quantitative estimate of drug-likeness (QED) is 0.543. The molecule has 1 spiro atoms. The summed E-state index contributed by atoms with van der Waals surface area (Å²) in [6, 6.07) is 9.93. The van der Waals surface area contributed by atoms with E-state index in [9.17, 15) is 0 Å². The summed E-state index contributed by atoms with van der Waals surface area (Å²) in [6.45, 7) is 2.59. The molecule has 2 fully saturated rings. The first-order chi connectivity index (χ1) is 12.9. The minimum Gasteiger partial charge on any atom is -0.300 e. The summed E-state index contributed by atoms with van der Waals surface area (Å²) in [6.07, 6.45) is 23.6. The van der Waals surface area contributed by atoms with E-state index in [1.165, 1.54) is 102 Å². The number of benzene rings is 1. The molecule has 1 nitrogen and oxygen atoms in total. The number of hydrogen-bond donors (Lipinski definition) is 0. The van der Waals surface area contributed by atoms with Gasteiger partial charge in [0.2, 0.25) is 0 Å². The molecular formula is C25H37N. The lowest BCUT2D eigenvalue weighted by molar-refractivity contribution is 0.116. The fraction of sp³-hybridized carbons (Fsp3) is 0.680. The Morgan fingerprint density at radius 2 is 1.31 bits per heavy atom. The zero-order valence-electron chi connectivity index (χ0n) is 16.6. The summed E-state index contributed by atoms with van der Waals surface area (Å²) in [7, 11) is 0. The Balaban J connectivity index is 1.36. The van der Waals surface area contributed by atoms with Gasteiger partial charge in [-0.05, 0) is 49.9 Å². The number of nitrogens with zero attached hydrogens (tertiary/aromatic N) is 1. The van der Waals surface area contributed by atoms with Crippen LogP contribution in [0.4, 0.5) is 0 Å². The predicted octanol–water partition coefficient (Wildman–Crippen LogP) is 6.72. The Bertz CT molecular complexity index is 582. The van der Waals surface area contributed by atoms with E-state index in [1.54, 1.807) is 5.56 Å². The first kappa shape index (κ1) is 18.3. The molecule has 0 bridgehead atoms. The van der Waals surface area contributed by atoms with Crippen LogP contribution < -0.4 is 0 Å². The van der Waals surface area contributed by atoms with Crippen molar-refractivity contribution < 1.29 is 0 Å². The Morgan fingerprint density at radius 3 is 1.96 bits per heavy atom. The van der Waals surface area contributed by atoms with Gasteiger partial charge in [0.05, 0.1) is 0 Å². The molecule has 2 aliphatic carbocycles. The van der Waals surface area contributed by atoms with Gasteiger partial charge in [-0.1, -0.05) is 94.2 Å². The average molecular weight is 352 g/mol. The predicted molar refractivity (Wildman–Crippen MR) is 113 cm³/mol. The van der Waals surface area contributed by atoms with Crippen molar-refractivity contribution in [3.63, 3.8) is 0 Å². The van der Waals surface area contributed by atoms with Gasteiger partial charge in [-0.3, -0.25) is 0 Å². The Morgan fingerprint density at radius 1 is 0.731 bits per heavy atom. The van der Waals surface area contributed by atoms with Crippen LogP contribution in [-0.4, -0.2) is 24.0 Å². The van der Waals surface area contributed by atoms with Gasteiger partial charge in [0, 0.05) is 11.5 Å². The summed E-state index contributed by atoms with van der Waals surface area (Å²) < 4.78 is 0. The summed E-state index contributed by atoms with van der Waals surface area (Å²) in [5.41, 5.74) is 3.41. The molecule has 0 radical (unpaired) electrons. The molecule has 1 aromatic carbocycles. The Kier molecular flexibility index (Phi) is 6.15. The highest BCUT2D eigenvalue weighted by Crippen LogP contribution is 2.44. The van der Waals surface area contributed by atoms with Crippen molar-refractivity contribution in [3.8, 4) is 0 Å². The highest BCUT2D eigenvalue weighted by Gasteiger charge is 2.38. The second-order valence-electron chi connectivity index (χ2n) is 9.03. The highest BCUT2D eigenvalue weighted by atomic mass is 15.2. The minimum atomic E-state index is 0.346. The van der Waals surface area contributed by atoms with Crippen LogP contribution in [0.15, 0.2) is 30.3 Å². The number of rotatable bonds is 1. The van der Waals surface area contributed by atoms with E-state index in [0.29, 0.717) is 5.41 Å². The Labute approximate surface area is 160 Å². The Hall–Kier alpha value is -1.08. The fourth-order valence-corrected chi connectivity index (χ4v) is 5.67. The molecule has 0 amide bonds. The van der Waals surface area contributed by atoms with Gasteiger partial charge in [0.15, 0.2) is 0 Å². The smallest absolute Gasteiger partial charge is 0.0165 e. The van der Waals surface area contributed by atoms with Crippen LogP contribution in [0.5, 0.6) is 0 Å². The van der Waals surface area contributed by atoms with Gasteiger partial charge in [0.1, 0.15) is 0 Å². The summed E-state index contributed by atoms with van der Waals surface area (Å²) in [5.74, 6) is 0. The lowest BCUT2D eigenvalue weighted by Crippen LogP contribution is -2.46. The number of piperidine rings is 1. The van der Waals surface area contributed by atoms with Crippen molar-refractivity contribution in [1.82, 2.24) is 4.90 Å². The van der Waals surface area contributed by atoms with E-state index >= 15 is 0 Å². The third-order valence-electron chi connectivity index (χ3n) is 7.36. The van der Waals surface area contributed by atoms with Gasteiger partial charge in [-0.25, -0.2) is 0 Å². The van der Waals surface area contributed by atoms with Crippen LogP contribution >= 0.6 is 0 Å². The van der Waals surface area contributed by atoms with Crippen molar-refractivity contribution >= 4 is 6.08 Å². The molecule has 1 aromatic rings. The molecule has 26 heavy (non-hydrogen) atoms. The molecule has 1 heteroatoms.